The Labute approximate surface area is 219 Å². The number of hydrogen-bond acceptors (Lipinski definition) is 4. The summed E-state index contributed by atoms with van der Waals surface area (Å²) in [6, 6.07) is 8.14. The number of rotatable bonds is 12. The van der Waals surface area contributed by atoms with Crippen LogP contribution in [-0.4, -0.2) is 45.7 Å². The van der Waals surface area contributed by atoms with Gasteiger partial charge in [-0.05, 0) is 49.1 Å². The van der Waals surface area contributed by atoms with Gasteiger partial charge in [0.05, 0.1) is 18.4 Å². The molecule has 2 aliphatic heterocycles. The van der Waals surface area contributed by atoms with E-state index < -0.39 is 5.97 Å². The second-order valence-corrected chi connectivity index (χ2v) is 11.3. The second-order valence-electron chi connectivity index (χ2n) is 11.3. The van der Waals surface area contributed by atoms with Crippen molar-refractivity contribution in [3.05, 3.63) is 53.1 Å². The largest absolute Gasteiger partial charge is 0.481 e. The third-order valence-corrected chi connectivity index (χ3v) is 8.81. The van der Waals surface area contributed by atoms with Gasteiger partial charge in [-0.2, -0.15) is 0 Å². The quantitative estimate of drug-likeness (QED) is 0.333. The van der Waals surface area contributed by atoms with Gasteiger partial charge in [-0.25, -0.2) is 4.98 Å². The first kappa shape index (κ1) is 26.0. The van der Waals surface area contributed by atoms with Gasteiger partial charge < -0.3 is 20.1 Å². The van der Waals surface area contributed by atoms with Gasteiger partial charge in [-0.3, -0.25) is 9.59 Å². The summed E-state index contributed by atoms with van der Waals surface area (Å²) in [5.41, 5.74) is 2.80. The Bertz CT molecular complexity index is 1060. The number of ether oxygens (including phenoxy) is 1. The number of carbonyl (C=O) groups is 2. The molecule has 2 aromatic rings. The van der Waals surface area contributed by atoms with Crippen molar-refractivity contribution in [2.75, 3.05) is 6.54 Å². The van der Waals surface area contributed by atoms with Crippen LogP contribution in [0.4, 0.5) is 0 Å². The van der Waals surface area contributed by atoms with E-state index >= 15 is 0 Å². The fourth-order valence-corrected chi connectivity index (χ4v) is 6.86. The molecule has 37 heavy (non-hydrogen) atoms. The number of aliphatic carboxylic acids is 1. The van der Waals surface area contributed by atoms with Crippen molar-refractivity contribution in [2.45, 2.75) is 102 Å². The highest BCUT2D eigenvalue weighted by molar-refractivity contribution is 5.92. The average Bonchev–Trinajstić information content (AvgIpc) is 3.65. The Kier molecular flexibility index (Phi) is 8.59. The van der Waals surface area contributed by atoms with Crippen LogP contribution in [0.15, 0.2) is 30.5 Å². The molecule has 0 spiro atoms. The molecule has 200 valence electrons. The first-order valence-corrected chi connectivity index (χ1v) is 14.4. The van der Waals surface area contributed by atoms with E-state index in [1.54, 1.807) is 6.20 Å². The first-order chi connectivity index (χ1) is 18.1. The fraction of sp³-hybridized carbons (Fsp3) is 0.633. The highest BCUT2D eigenvalue weighted by Crippen LogP contribution is 2.49. The minimum absolute atomic E-state index is 0.0870. The lowest BCUT2D eigenvalue weighted by atomic mass is 9.75. The van der Waals surface area contributed by atoms with Crippen LogP contribution in [0.3, 0.4) is 0 Å². The molecule has 2 saturated heterocycles. The summed E-state index contributed by atoms with van der Waals surface area (Å²) in [5, 5.41) is 12.2. The molecule has 3 N–H and O–H groups in total. The maximum absolute atomic E-state index is 12.8. The zero-order valence-corrected chi connectivity index (χ0v) is 21.8. The van der Waals surface area contributed by atoms with Crippen LogP contribution in [-0.2, 0) is 22.4 Å². The summed E-state index contributed by atoms with van der Waals surface area (Å²) in [6.07, 6.45) is 15.9. The van der Waals surface area contributed by atoms with Gasteiger partial charge in [0.1, 0.15) is 11.5 Å². The number of imidazole rings is 1. The summed E-state index contributed by atoms with van der Waals surface area (Å²) >= 11 is 0. The van der Waals surface area contributed by atoms with Crippen LogP contribution in [0.25, 0.3) is 0 Å². The summed E-state index contributed by atoms with van der Waals surface area (Å²) in [7, 11) is 0. The number of nitrogens with one attached hydrogen (secondary N) is 2. The number of benzene rings is 1. The lowest BCUT2D eigenvalue weighted by Gasteiger charge is -2.27. The van der Waals surface area contributed by atoms with Crippen LogP contribution in [0, 0.1) is 11.8 Å². The van der Waals surface area contributed by atoms with Crippen LogP contribution < -0.4 is 5.32 Å². The van der Waals surface area contributed by atoms with E-state index in [0.29, 0.717) is 18.7 Å². The minimum atomic E-state index is -0.776. The van der Waals surface area contributed by atoms with Crippen LogP contribution >= 0.6 is 0 Å². The highest BCUT2D eigenvalue weighted by Gasteiger charge is 2.50. The normalized spacial score (nSPS) is 25.4. The number of carboxylic acids is 1. The number of aromatic amines is 1. The van der Waals surface area contributed by atoms with E-state index in [2.05, 4.69) is 21.4 Å². The maximum atomic E-state index is 12.8. The lowest BCUT2D eigenvalue weighted by molar-refractivity contribution is -0.136. The number of carboxylic acid groups (broad SMARTS) is 1. The van der Waals surface area contributed by atoms with E-state index in [-0.39, 0.29) is 36.4 Å². The average molecular weight is 508 g/mol. The Morgan fingerprint density at radius 3 is 2.62 bits per heavy atom. The Morgan fingerprint density at radius 1 is 1.03 bits per heavy atom. The maximum Gasteiger partial charge on any atom is 0.303 e. The predicted octanol–water partition coefficient (Wildman–Crippen LogP) is 5.41. The molecule has 1 saturated carbocycles. The topological polar surface area (TPSA) is 104 Å². The predicted molar refractivity (Wildman–Crippen MR) is 142 cm³/mol. The number of aryl methyl sites for hydroxylation is 1. The number of amides is 1. The highest BCUT2D eigenvalue weighted by atomic mass is 16.5. The Hall–Kier alpha value is -2.67. The van der Waals surface area contributed by atoms with Crippen molar-refractivity contribution in [2.24, 2.45) is 11.8 Å². The van der Waals surface area contributed by atoms with E-state index in [0.717, 1.165) is 43.0 Å². The molecule has 1 aromatic heterocycles. The van der Waals surface area contributed by atoms with Crippen molar-refractivity contribution in [1.82, 2.24) is 15.3 Å². The molecular weight excluding hydrogens is 466 g/mol. The van der Waals surface area contributed by atoms with E-state index in [1.807, 2.05) is 18.2 Å². The molecule has 3 aliphatic rings. The van der Waals surface area contributed by atoms with Gasteiger partial charge in [0, 0.05) is 24.8 Å². The van der Waals surface area contributed by atoms with Gasteiger partial charge in [0.15, 0.2) is 0 Å². The number of nitrogens with zero attached hydrogens (tertiary/aromatic N) is 1. The van der Waals surface area contributed by atoms with Crippen molar-refractivity contribution in [3.63, 3.8) is 0 Å². The molecule has 1 aliphatic carbocycles. The number of H-pyrrole nitrogens is 1. The van der Waals surface area contributed by atoms with Crippen LogP contribution in [0.2, 0.25) is 0 Å². The fourth-order valence-electron chi connectivity index (χ4n) is 6.86. The number of fused-ring (bicyclic) bond motifs is 2. The van der Waals surface area contributed by atoms with Gasteiger partial charge in [-0.1, -0.05) is 69.2 Å². The van der Waals surface area contributed by atoms with E-state index in [1.165, 1.54) is 50.5 Å². The monoisotopic (exact) mass is 507 g/mol. The smallest absolute Gasteiger partial charge is 0.303 e. The zero-order valence-electron chi connectivity index (χ0n) is 21.8. The van der Waals surface area contributed by atoms with Gasteiger partial charge in [-0.15, -0.1) is 0 Å². The SMILES string of the molecule is O=C(O)CCc1ccccc1CC1C2CCC(O2)C1c1ncc(C(=O)NCCCCC2CCCCC2)[nH]1. The van der Waals surface area contributed by atoms with Gasteiger partial charge in [0.25, 0.3) is 5.91 Å². The molecule has 1 amide bonds. The van der Waals surface area contributed by atoms with Crippen LogP contribution in [0.1, 0.15) is 104 Å². The third kappa shape index (κ3) is 6.43. The third-order valence-electron chi connectivity index (χ3n) is 8.81. The summed E-state index contributed by atoms with van der Waals surface area (Å²) in [6.45, 7) is 0.701. The molecule has 7 heteroatoms. The first-order valence-electron chi connectivity index (χ1n) is 14.4. The molecule has 4 atom stereocenters. The van der Waals surface area contributed by atoms with Crippen molar-refractivity contribution in [1.29, 1.82) is 0 Å². The van der Waals surface area contributed by atoms with Crippen molar-refractivity contribution < 1.29 is 19.4 Å². The molecule has 3 heterocycles. The van der Waals surface area contributed by atoms with Gasteiger partial charge in [0.2, 0.25) is 0 Å². The number of hydrogen-bond donors (Lipinski definition) is 3. The number of carbonyl (C=O) groups excluding carboxylic acids is 1. The number of unbranched alkanes of at least 4 members (excludes halogenated alkanes) is 1. The van der Waals surface area contributed by atoms with E-state index in [9.17, 15) is 9.59 Å². The Balaban J connectivity index is 1.17. The van der Waals surface area contributed by atoms with Crippen LogP contribution in [0.5, 0.6) is 0 Å². The molecule has 5 rings (SSSR count). The molecule has 1 aromatic carbocycles. The Morgan fingerprint density at radius 2 is 1.81 bits per heavy atom. The minimum Gasteiger partial charge on any atom is -0.481 e. The van der Waals surface area contributed by atoms with E-state index in [4.69, 9.17) is 9.84 Å². The summed E-state index contributed by atoms with van der Waals surface area (Å²) < 4.78 is 6.32. The standard InChI is InChI=1S/C30H41N3O4/c34-27(35)16-13-21-11-4-5-12-22(21)18-23-25-14-15-26(37-25)28(23)29-32-19-24(33-29)30(36)31-17-7-6-10-20-8-2-1-3-9-20/h4-5,11-12,19-20,23,25-26,28H,1-3,6-10,13-18H2,(H,31,36)(H,32,33)(H,34,35). The van der Waals surface area contributed by atoms with Gasteiger partial charge >= 0.3 is 5.97 Å². The molecular formula is C30H41N3O4. The molecule has 7 nitrogen and oxygen atoms in total. The molecule has 4 unspecified atom stereocenters. The second kappa shape index (κ2) is 12.2. The van der Waals surface area contributed by atoms with Crippen molar-refractivity contribution in [3.8, 4) is 0 Å². The van der Waals surface area contributed by atoms with Crippen molar-refractivity contribution >= 4 is 11.9 Å². The molecule has 3 fully saturated rings. The summed E-state index contributed by atoms with van der Waals surface area (Å²) in [4.78, 5) is 31.9. The molecule has 0 radical (unpaired) electrons. The summed E-state index contributed by atoms with van der Waals surface area (Å²) in [5.74, 6) is 1.23. The number of aromatic nitrogens is 2. The molecule has 2 bridgehead atoms. The lowest BCUT2D eigenvalue weighted by Crippen LogP contribution is -2.29. The zero-order chi connectivity index (χ0) is 25.6.